The molecule has 1 radical (unpaired) electrons. The Bertz CT molecular complexity index is 3110. The third-order valence-corrected chi connectivity index (χ3v) is 11.7. The number of benzene rings is 5. The minimum Gasteiger partial charge on any atom is -0.498 e. The Balaban J connectivity index is 0.000000201. The van der Waals surface area contributed by atoms with Gasteiger partial charge in [0, 0.05) is 57.1 Å². The van der Waals surface area contributed by atoms with Crippen LogP contribution in [0.2, 0.25) is 0 Å². The molecule has 293 valence electrons. The second kappa shape index (κ2) is 16.5. The maximum atomic E-state index is 7.76. The van der Waals surface area contributed by atoms with Crippen LogP contribution >= 0.6 is 11.3 Å². The minimum absolute atomic E-state index is 0. The second-order valence-corrected chi connectivity index (χ2v) is 16.8. The second-order valence-electron chi connectivity index (χ2n) is 15.8. The van der Waals surface area contributed by atoms with Crippen molar-refractivity contribution in [3.05, 3.63) is 160 Å². The van der Waals surface area contributed by atoms with Crippen molar-refractivity contribution in [1.82, 2.24) is 15.0 Å². The number of hydrogen-bond acceptors (Lipinski definition) is 5. The molecule has 4 aromatic heterocycles. The van der Waals surface area contributed by atoms with E-state index in [1.54, 1.807) is 23.5 Å². The molecule has 0 N–H and O–H groups in total. The molecule has 0 aliphatic heterocycles. The van der Waals surface area contributed by atoms with E-state index in [4.69, 9.17) is 22.6 Å². The SMILES string of the molecule is Cc1cccc(C)c1-c1cnc(-c2[c-]ccc3c2oc2c3ccc3sc(C(C)(C)C)nc32)cc1C(C)C.[2H]C([2H])([2H])c1c[c-]c(-c2cc(-c3ccccc3)c(C([2H])([2H])[2H])cn2)cc1.[Ir]. The van der Waals surface area contributed by atoms with Gasteiger partial charge in [-0.25, -0.2) is 4.98 Å². The van der Waals surface area contributed by atoms with Crippen molar-refractivity contribution in [2.45, 2.75) is 73.5 Å². The van der Waals surface area contributed by atoms with E-state index in [-0.39, 0.29) is 36.6 Å². The number of hydrogen-bond donors (Lipinski definition) is 0. The zero-order valence-corrected chi connectivity index (χ0v) is 36.8. The van der Waals surface area contributed by atoms with E-state index < -0.39 is 13.7 Å². The van der Waals surface area contributed by atoms with Gasteiger partial charge in [0.1, 0.15) is 11.1 Å². The van der Waals surface area contributed by atoms with Gasteiger partial charge in [-0.15, -0.1) is 64.9 Å². The maximum absolute atomic E-state index is 7.76. The Morgan fingerprint density at radius 2 is 1.50 bits per heavy atom. The number of fused-ring (bicyclic) bond motifs is 5. The molecule has 0 amide bonds. The molecule has 0 saturated carbocycles. The van der Waals surface area contributed by atoms with E-state index >= 15 is 0 Å². The summed E-state index contributed by atoms with van der Waals surface area (Å²) in [5.74, 6) is 0.344. The average molecular weight is 960 g/mol. The fourth-order valence-electron chi connectivity index (χ4n) is 7.28. The van der Waals surface area contributed by atoms with E-state index in [0.717, 1.165) is 54.0 Å². The molecule has 0 bridgehead atoms. The van der Waals surface area contributed by atoms with Gasteiger partial charge < -0.3 is 14.4 Å². The third-order valence-electron chi connectivity index (χ3n) is 10.2. The van der Waals surface area contributed by atoms with Gasteiger partial charge in [0.15, 0.2) is 0 Å². The van der Waals surface area contributed by atoms with Crippen LogP contribution in [0, 0.1) is 39.7 Å². The first-order valence-corrected chi connectivity index (χ1v) is 19.9. The number of aromatic nitrogens is 3. The molecule has 0 fully saturated rings. The average Bonchev–Trinajstić information content (AvgIpc) is 3.86. The molecule has 4 nitrogen and oxygen atoms in total. The van der Waals surface area contributed by atoms with Crippen molar-refractivity contribution in [2.24, 2.45) is 0 Å². The summed E-state index contributed by atoms with van der Waals surface area (Å²) in [7, 11) is 0. The molecule has 6 heteroatoms. The van der Waals surface area contributed by atoms with Gasteiger partial charge in [-0.05, 0) is 83.0 Å². The molecular formula is C52H47IrN3OS-2. The van der Waals surface area contributed by atoms with E-state index in [2.05, 4.69) is 108 Å². The first-order valence-electron chi connectivity index (χ1n) is 22.1. The summed E-state index contributed by atoms with van der Waals surface area (Å²) in [6.45, 7) is 11.0. The molecule has 0 aliphatic carbocycles. The van der Waals surface area contributed by atoms with Crippen LogP contribution < -0.4 is 0 Å². The zero-order valence-electron chi connectivity index (χ0n) is 39.5. The quantitative estimate of drug-likeness (QED) is 0.161. The summed E-state index contributed by atoms with van der Waals surface area (Å²) < 4.78 is 53.3. The predicted octanol–water partition coefficient (Wildman–Crippen LogP) is 14.6. The topological polar surface area (TPSA) is 51.8 Å². The van der Waals surface area contributed by atoms with Gasteiger partial charge in [0.2, 0.25) is 0 Å². The molecule has 9 rings (SSSR count). The number of aryl methyl sites for hydroxylation is 4. The first-order chi connectivity index (χ1) is 29.8. The number of pyridine rings is 2. The summed E-state index contributed by atoms with van der Waals surface area (Å²) in [4.78, 5) is 14.2. The van der Waals surface area contributed by atoms with Gasteiger partial charge in [-0.3, -0.25) is 0 Å². The van der Waals surface area contributed by atoms with Crippen molar-refractivity contribution < 1.29 is 32.7 Å². The molecule has 0 unspecified atom stereocenters. The summed E-state index contributed by atoms with van der Waals surface area (Å²) in [5, 5.41) is 3.27. The Labute approximate surface area is 368 Å². The standard InChI is InChI=1S/C33H31N2OS.C19H16N.Ir/c1-18(2)24-16-26(34-17-25(24)28-19(3)10-8-11-20(28)4)23-13-9-12-21-22-14-15-27-29(31(22)36-30(21)23)35-32(37-27)33(5,6)7;1-14-8-10-17(11-9-14)19-12-18(15(2)13-20-19)16-6-4-3-5-7-16;/h8-12,14-18H,1-7H3;3-10,12-13H,1-2H3;/q2*-1;/i;1D3,2D3;. The van der Waals surface area contributed by atoms with Gasteiger partial charge in [0.25, 0.3) is 0 Å². The van der Waals surface area contributed by atoms with E-state index in [1.165, 1.54) is 46.1 Å². The van der Waals surface area contributed by atoms with Crippen LogP contribution in [-0.2, 0) is 25.5 Å². The van der Waals surface area contributed by atoms with Crippen molar-refractivity contribution in [3.63, 3.8) is 0 Å². The van der Waals surface area contributed by atoms with Gasteiger partial charge in [-0.1, -0.05) is 119 Å². The van der Waals surface area contributed by atoms with Crippen LogP contribution in [0.4, 0.5) is 0 Å². The monoisotopic (exact) mass is 960 g/mol. The molecule has 0 aliphatic rings. The Morgan fingerprint density at radius 1 is 0.741 bits per heavy atom. The largest absolute Gasteiger partial charge is 0.498 e. The fourth-order valence-corrected chi connectivity index (χ4v) is 8.30. The fraction of sp³-hybridized carbons (Fsp3) is 0.212. The van der Waals surface area contributed by atoms with Crippen molar-refractivity contribution in [1.29, 1.82) is 0 Å². The first kappa shape index (κ1) is 33.7. The third kappa shape index (κ3) is 7.94. The Hall–Kier alpha value is -5.26. The Kier molecular flexibility index (Phi) is 9.61. The molecule has 0 atom stereocenters. The predicted molar refractivity (Wildman–Crippen MR) is 240 cm³/mol. The smallest absolute Gasteiger partial charge is 0.148 e. The van der Waals surface area contributed by atoms with Crippen LogP contribution in [0.15, 0.2) is 120 Å². The van der Waals surface area contributed by atoms with Crippen LogP contribution in [0.3, 0.4) is 0 Å². The van der Waals surface area contributed by atoms with Crippen LogP contribution in [0.25, 0.3) is 76.9 Å². The molecule has 0 spiro atoms. The summed E-state index contributed by atoms with van der Waals surface area (Å²) in [6.07, 6.45) is 3.39. The summed E-state index contributed by atoms with van der Waals surface area (Å²) in [5.41, 5.74) is 13.5. The van der Waals surface area contributed by atoms with Gasteiger partial charge in [-0.2, -0.15) is 0 Å². The molecular weight excluding hydrogens is 907 g/mol. The van der Waals surface area contributed by atoms with Crippen molar-refractivity contribution >= 4 is 43.5 Å². The van der Waals surface area contributed by atoms with Crippen molar-refractivity contribution in [2.75, 3.05) is 0 Å². The zero-order chi connectivity index (χ0) is 45.0. The molecule has 9 aromatic rings. The molecule has 58 heavy (non-hydrogen) atoms. The van der Waals surface area contributed by atoms with Gasteiger partial charge >= 0.3 is 0 Å². The van der Waals surface area contributed by atoms with Crippen LogP contribution in [-0.4, -0.2) is 15.0 Å². The van der Waals surface area contributed by atoms with E-state index in [0.29, 0.717) is 22.7 Å². The van der Waals surface area contributed by atoms with E-state index in [1.807, 2.05) is 42.6 Å². The number of furan rings is 1. The molecule has 4 heterocycles. The van der Waals surface area contributed by atoms with Crippen LogP contribution in [0.1, 0.15) is 81.6 Å². The normalized spacial score (nSPS) is 13.5. The van der Waals surface area contributed by atoms with Gasteiger partial charge in [0.05, 0.1) is 15.3 Å². The minimum atomic E-state index is -2.29. The molecule has 0 saturated heterocycles. The van der Waals surface area contributed by atoms with E-state index in [9.17, 15) is 0 Å². The number of rotatable bonds is 5. The Morgan fingerprint density at radius 3 is 2.19 bits per heavy atom. The molecule has 5 aromatic carbocycles. The van der Waals surface area contributed by atoms with Crippen LogP contribution in [0.5, 0.6) is 0 Å². The summed E-state index contributed by atoms with van der Waals surface area (Å²) in [6, 6.07) is 39.0. The number of nitrogens with zero attached hydrogens (tertiary/aromatic N) is 3. The summed E-state index contributed by atoms with van der Waals surface area (Å²) >= 11 is 1.75. The maximum Gasteiger partial charge on any atom is 0.148 e. The number of thiazole rings is 1. The van der Waals surface area contributed by atoms with Crippen molar-refractivity contribution in [3.8, 4) is 44.8 Å².